The number of nitrogens with zero attached hydrogens (tertiary/aromatic N) is 2. The molecule has 0 aliphatic rings. The van der Waals surface area contributed by atoms with Crippen LogP contribution in [-0.4, -0.2) is 20.9 Å². The minimum atomic E-state index is -1.05. The maximum absolute atomic E-state index is 13.2. The summed E-state index contributed by atoms with van der Waals surface area (Å²) >= 11 is 3.08. The second kappa shape index (κ2) is 5.13. The lowest BCUT2D eigenvalue weighted by molar-refractivity contribution is 0.0697. The van der Waals surface area contributed by atoms with Gasteiger partial charge in [0.1, 0.15) is 17.1 Å². The summed E-state index contributed by atoms with van der Waals surface area (Å²) < 4.78 is 15.1. The molecular weight excluding hydrogens is 315 g/mol. The summed E-state index contributed by atoms with van der Waals surface area (Å²) in [7, 11) is 0. The van der Waals surface area contributed by atoms with Gasteiger partial charge in [-0.25, -0.2) is 9.18 Å². The molecule has 6 heteroatoms. The number of halogens is 2. The summed E-state index contributed by atoms with van der Waals surface area (Å²) in [6.45, 7) is 3.81. The van der Waals surface area contributed by atoms with Crippen LogP contribution in [-0.2, 0) is 0 Å². The number of carboxylic acids is 1. The van der Waals surface area contributed by atoms with Gasteiger partial charge >= 0.3 is 5.97 Å². The van der Waals surface area contributed by atoms with Gasteiger partial charge in [-0.15, -0.1) is 0 Å². The molecule has 0 fully saturated rings. The lowest BCUT2D eigenvalue weighted by atomic mass is 10.1. The number of rotatable bonds is 3. The van der Waals surface area contributed by atoms with Crippen molar-refractivity contribution in [3.05, 3.63) is 40.2 Å². The van der Waals surface area contributed by atoms with Gasteiger partial charge in [0, 0.05) is 17.8 Å². The SMILES string of the molecule is CC(C)n1cc(C(=O)O)c(-c2ccc(F)c(Br)c2)n1. The highest BCUT2D eigenvalue weighted by atomic mass is 79.9. The second-order valence-corrected chi connectivity index (χ2v) is 5.25. The Morgan fingerprint density at radius 2 is 2.16 bits per heavy atom. The molecule has 1 heterocycles. The molecule has 100 valence electrons. The Hall–Kier alpha value is -1.69. The van der Waals surface area contributed by atoms with Crippen LogP contribution in [0.5, 0.6) is 0 Å². The molecule has 0 bridgehead atoms. The van der Waals surface area contributed by atoms with Crippen molar-refractivity contribution in [2.75, 3.05) is 0 Å². The third kappa shape index (κ3) is 2.68. The molecule has 0 saturated heterocycles. The topological polar surface area (TPSA) is 55.1 Å². The third-order valence-electron chi connectivity index (χ3n) is 2.68. The summed E-state index contributed by atoms with van der Waals surface area (Å²) in [6.07, 6.45) is 1.49. The van der Waals surface area contributed by atoms with Crippen molar-refractivity contribution >= 4 is 21.9 Å². The van der Waals surface area contributed by atoms with Crippen LogP contribution in [0.25, 0.3) is 11.3 Å². The first-order valence-electron chi connectivity index (χ1n) is 5.68. The summed E-state index contributed by atoms with van der Waals surface area (Å²) in [4.78, 5) is 11.2. The molecule has 0 radical (unpaired) electrons. The van der Waals surface area contributed by atoms with E-state index in [4.69, 9.17) is 0 Å². The number of hydrogen-bond donors (Lipinski definition) is 1. The Balaban J connectivity index is 2.59. The Labute approximate surface area is 118 Å². The van der Waals surface area contributed by atoms with Crippen LogP contribution in [0.15, 0.2) is 28.9 Å². The molecule has 0 unspecified atom stereocenters. The van der Waals surface area contributed by atoms with Crippen LogP contribution in [0, 0.1) is 5.82 Å². The Kier molecular flexibility index (Phi) is 3.71. The minimum Gasteiger partial charge on any atom is -0.478 e. The normalized spacial score (nSPS) is 11.0. The van der Waals surface area contributed by atoms with E-state index in [0.717, 1.165) is 0 Å². The van der Waals surface area contributed by atoms with Crippen molar-refractivity contribution in [3.63, 3.8) is 0 Å². The summed E-state index contributed by atoms with van der Waals surface area (Å²) in [5.74, 6) is -1.45. The quantitative estimate of drug-likeness (QED) is 0.934. The van der Waals surface area contributed by atoms with Crippen molar-refractivity contribution in [1.82, 2.24) is 9.78 Å². The monoisotopic (exact) mass is 326 g/mol. The van der Waals surface area contributed by atoms with E-state index in [2.05, 4.69) is 21.0 Å². The van der Waals surface area contributed by atoms with E-state index in [1.807, 2.05) is 13.8 Å². The Bertz CT molecular complexity index is 638. The molecule has 2 aromatic rings. The van der Waals surface area contributed by atoms with E-state index in [9.17, 15) is 14.3 Å². The maximum Gasteiger partial charge on any atom is 0.339 e. The smallest absolute Gasteiger partial charge is 0.339 e. The minimum absolute atomic E-state index is 0.0516. The highest BCUT2D eigenvalue weighted by Crippen LogP contribution is 2.27. The lowest BCUT2D eigenvalue weighted by Crippen LogP contribution is -2.00. The molecular formula is C13H12BrFN2O2. The van der Waals surface area contributed by atoms with Gasteiger partial charge in [0.2, 0.25) is 0 Å². The first kappa shape index (κ1) is 13.7. The number of aromatic carboxylic acids is 1. The molecule has 1 N–H and O–H groups in total. The predicted octanol–water partition coefficient (Wildman–Crippen LogP) is 3.73. The highest BCUT2D eigenvalue weighted by Gasteiger charge is 2.18. The van der Waals surface area contributed by atoms with Crippen molar-refractivity contribution in [3.8, 4) is 11.3 Å². The fourth-order valence-corrected chi connectivity index (χ4v) is 2.05. The largest absolute Gasteiger partial charge is 0.478 e. The average Bonchev–Trinajstić information content (AvgIpc) is 2.78. The molecule has 0 atom stereocenters. The van der Waals surface area contributed by atoms with E-state index >= 15 is 0 Å². The molecule has 2 rings (SSSR count). The van der Waals surface area contributed by atoms with Gasteiger partial charge in [-0.1, -0.05) is 0 Å². The zero-order valence-electron chi connectivity index (χ0n) is 10.4. The van der Waals surface area contributed by atoms with E-state index < -0.39 is 11.8 Å². The molecule has 1 aromatic heterocycles. The van der Waals surface area contributed by atoms with E-state index in [0.29, 0.717) is 11.3 Å². The first-order valence-corrected chi connectivity index (χ1v) is 6.47. The fourth-order valence-electron chi connectivity index (χ4n) is 1.67. The van der Waals surface area contributed by atoms with Crippen molar-refractivity contribution in [1.29, 1.82) is 0 Å². The van der Waals surface area contributed by atoms with E-state index in [1.54, 1.807) is 4.68 Å². The predicted molar refractivity (Wildman–Crippen MR) is 72.7 cm³/mol. The van der Waals surface area contributed by atoms with Gasteiger partial charge in [0.05, 0.1) is 4.47 Å². The van der Waals surface area contributed by atoms with Gasteiger partial charge in [0.15, 0.2) is 0 Å². The number of carbonyl (C=O) groups is 1. The summed E-state index contributed by atoms with van der Waals surface area (Å²) in [5.41, 5.74) is 0.999. The zero-order valence-corrected chi connectivity index (χ0v) is 12.0. The molecule has 0 spiro atoms. The number of aromatic nitrogens is 2. The van der Waals surface area contributed by atoms with Crippen LogP contribution in [0.4, 0.5) is 4.39 Å². The third-order valence-corrected chi connectivity index (χ3v) is 3.29. The second-order valence-electron chi connectivity index (χ2n) is 4.40. The standard InChI is InChI=1S/C13H12BrFN2O2/c1-7(2)17-6-9(13(18)19)12(16-17)8-3-4-11(15)10(14)5-8/h3-7H,1-2H3,(H,18,19). The van der Waals surface area contributed by atoms with Crippen LogP contribution in [0.1, 0.15) is 30.2 Å². The molecule has 4 nitrogen and oxygen atoms in total. The van der Waals surface area contributed by atoms with Crippen LogP contribution >= 0.6 is 15.9 Å². The number of benzene rings is 1. The number of carboxylic acid groups (broad SMARTS) is 1. The summed E-state index contributed by atoms with van der Waals surface area (Å²) in [6, 6.07) is 4.36. The van der Waals surface area contributed by atoms with Gasteiger partial charge in [0.25, 0.3) is 0 Å². The van der Waals surface area contributed by atoms with Crippen LogP contribution in [0.3, 0.4) is 0 Å². The first-order chi connectivity index (χ1) is 8.90. The van der Waals surface area contributed by atoms with Crippen molar-refractivity contribution in [2.24, 2.45) is 0 Å². The maximum atomic E-state index is 13.2. The highest BCUT2D eigenvalue weighted by molar-refractivity contribution is 9.10. The van der Waals surface area contributed by atoms with Gasteiger partial charge in [-0.3, -0.25) is 4.68 Å². The molecule has 0 saturated carbocycles. The molecule has 1 aromatic carbocycles. The molecule has 0 aliphatic carbocycles. The fraction of sp³-hybridized carbons (Fsp3) is 0.231. The average molecular weight is 327 g/mol. The Morgan fingerprint density at radius 1 is 1.47 bits per heavy atom. The zero-order chi connectivity index (χ0) is 14.2. The van der Waals surface area contributed by atoms with Crippen LogP contribution < -0.4 is 0 Å². The summed E-state index contributed by atoms with van der Waals surface area (Å²) in [5, 5.41) is 13.5. The molecule has 0 aliphatic heterocycles. The van der Waals surface area contributed by atoms with Gasteiger partial charge in [-0.05, 0) is 48.0 Å². The molecule has 0 amide bonds. The lowest BCUT2D eigenvalue weighted by Gasteiger charge is -2.04. The Morgan fingerprint density at radius 3 is 2.68 bits per heavy atom. The van der Waals surface area contributed by atoms with E-state index in [1.165, 1.54) is 24.4 Å². The van der Waals surface area contributed by atoms with Crippen LogP contribution in [0.2, 0.25) is 0 Å². The van der Waals surface area contributed by atoms with Gasteiger partial charge < -0.3 is 5.11 Å². The molecule has 19 heavy (non-hydrogen) atoms. The van der Waals surface area contributed by atoms with Crippen molar-refractivity contribution in [2.45, 2.75) is 19.9 Å². The van der Waals surface area contributed by atoms with E-state index in [-0.39, 0.29) is 16.1 Å². The van der Waals surface area contributed by atoms with Gasteiger partial charge in [-0.2, -0.15) is 5.10 Å². The number of hydrogen-bond acceptors (Lipinski definition) is 2. The van der Waals surface area contributed by atoms with Crippen molar-refractivity contribution < 1.29 is 14.3 Å².